The molecule has 0 aliphatic carbocycles. The molecule has 1 aliphatic rings. The van der Waals surface area contributed by atoms with Gasteiger partial charge in [0.05, 0.1) is 17.6 Å². The van der Waals surface area contributed by atoms with E-state index in [9.17, 15) is 0 Å². The van der Waals surface area contributed by atoms with E-state index in [0.29, 0.717) is 12.6 Å². The highest BCUT2D eigenvalue weighted by Gasteiger charge is 2.21. The van der Waals surface area contributed by atoms with Crippen LogP contribution in [0.25, 0.3) is 0 Å². The average Bonchev–Trinajstić information content (AvgIpc) is 2.40. The van der Waals surface area contributed by atoms with Crippen molar-refractivity contribution in [2.45, 2.75) is 51.6 Å². The summed E-state index contributed by atoms with van der Waals surface area (Å²) in [5, 5.41) is 0. The van der Waals surface area contributed by atoms with Crippen molar-refractivity contribution < 1.29 is 0 Å². The Kier molecular flexibility index (Phi) is 4.37. The molecule has 2 N–H and O–H groups in total. The Labute approximate surface area is 104 Å². The molecule has 1 aliphatic heterocycles. The quantitative estimate of drug-likeness (QED) is 0.869. The van der Waals surface area contributed by atoms with Gasteiger partial charge in [-0.2, -0.15) is 0 Å². The Morgan fingerprint density at radius 3 is 2.94 bits per heavy atom. The summed E-state index contributed by atoms with van der Waals surface area (Å²) < 4.78 is 0. The first-order valence-corrected chi connectivity index (χ1v) is 6.76. The molecular weight excluding hydrogens is 210 g/mol. The van der Waals surface area contributed by atoms with Gasteiger partial charge in [0, 0.05) is 19.1 Å². The molecule has 94 valence electrons. The van der Waals surface area contributed by atoms with Crippen LogP contribution < -0.4 is 10.6 Å². The fourth-order valence-corrected chi connectivity index (χ4v) is 2.68. The van der Waals surface area contributed by atoms with Gasteiger partial charge in [-0.1, -0.05) is 13.3 Å². The molecule has 0 aromatic carbocycles. The molecule has 1 saturated heterocycles. The number of aromatic nitrogens is 1. The van der Waals surface area contributed by atoms with Crippen LogP contribution in [0.4, 0.5) is 5.69 Å². The van der Waals surface area contributed by atoms with E-state index >= 15 is 0 Å². The number of pyridine rings is 1. The number of piperidine rings is 1. The van der Waals surface area contributed by atoms with Crippen LogP contribution in [0.5, 0.6) is 0 Å². The van der Waals surface area contributed by atoms with Crippen LogP contribution in [0.15, 0.2) is 18.3 Å². The van der Waals surface area contributed by atoms with Crippen molar-refractivity contribution in [1.29, 1.82) is 0 Å². The van der Waals surface area contributed by atoms with Gasteiger partial charge in [-0.15, -0.1) is 0 Å². The number of hydrogen-bond donors (Lipinski definition) is 1. The minimum atomic E-state index is 0.526. The molecule has 1 unspecified atom stereocenters. The Morgan fingerprint density at radius 2 is 2.29 bits per heavy atom. The zero-order valence-corrected chi connectivity index (χ0v) is 10.7. The summed E-state index contributed by atoms with van der Waals surface area (Å²) in [6.07, 6.45) is 8.53. The molecule has 1 fully saturated rings. The Bertz CT molecular complexity index is 332. The van der Waals surface area contributed by atoms with Gasteiger partial charge in [0.25, 0.3) is 0 Å². The summed E-state index contributed by atoms with van der Waals surface area (Å²) in [5.74, 6) is 0. The molecule has 2 heterocycles. The molecule has 3 heteroatoms. The van der Waals surface area contributed by atoms with E-state index in [0.717, 1.165) is 5.69 Å². The smallest absolute Gasteiger partial charge is 0.0555 e. The molecule has 0 spiro atoms. The maximum Gasteiger partial charge on any atom is 0.0555 e. The minimum Gasteiger partial charge on any atom is -0.367 e. The summed E-state index contributed by atoms with van der Waals surface area (Å²) in [7, 11) is 0. The Morgan fingerprint density at radius 1 is 1.41 bits per heavy atom. The maximum atomic E-state index is 5.58. The van der Waals surface area contributed by atoms with Gasteiger partial charge < -0.3 is 10.6 Å². The Hall–Kier alpha value is -1.09. The maximum absolute atomic E-state index is 5.58. The fraction of sp³-hybridized carbons (Fsp3) is 0.643. The van der Waals surface area contributed by atoms with Crippen molar-refractivity contribution in [3.05, 3.63) is 24.0 Å². The lowest BCUT2D eigenvalue weighted by atomic mass is 9.98. The van der Waals surface area contributed by atoms with Crippen LogP contribution in [-0.2, 0) is 6.54 Å². The second-order valence-electron chi connectivity index (χ2n) is 4.84. The molecule has 2 rings (SSSR count). The molecule has 1 aromatic heterocycles. The third kappa shape index (κ3) is 2.97. The van der Waals surface area contributed by atoms with E-state index < -0.39 is 0 Å². The second kappa shape index (κ2) is 6.01. The second-order valence-corrected chi connectivity index (χ2v) is 4.84. The summed E-state index contributed by atoms with van der Waals surface area (Å²) in [5.41, 5.74) is 7.81. The number of anilines is 1. The van der Waals surface area contributed by atoms with E-state index in [4.69, 9.17) is 5.73 Å². The van der Waals surface area contributed by atoms with Crippen molar-refractivity contribution in [2.75, 3.05) is 11.4 Å². The van der Waals surface area contributed by atoms with Gasteiger partial charge in [-0.25, -0.2) is 0 Å². The largest absolute Gasteiger partial charge is 0.367 e. The van der Waals surface area contributed by atoms with E-state index in [1.807, 2.05) is 12.3 Å². The van der Waals surface area contributed by atoms with Crippen LogP contribution in [-0.4, -0.2) is 17.6 Å². The highest BCUT2D eigenvalue weighted by Crippen LogP contribution is 2.26. The third-order valence-corrected chi connectivity index (χ3v) is 3.60. The van der Waals surface area contributed by atoms with Gasteiger partial charge in [-0.3, -0.25) is 4.98 Å². The summed E-state index contributed by atoms with van der Waals surface area (Å²) >= 11 is 0. The molecule has 0 saturated carbocycles. The van der Waals surface area contributed by atoms with Crippen molar-refractivity contribution in [1.82, 2.24) is 4.98 Å². The minimum absolute atomic E-state index is 0.526. The van der Waals surface area contributed by atoms with Gasteiger partial charge >= 0.3 is 0 Å². The first kappa shape index (κ1) is 12.4. The average molecular weight is 233 g/mol. The Balaban J connectivity index is 2.11. The number of nitrogens with zero attached hydrogens (tertiary/aromatic N) is 2. The highest BCUT2D eigenvalue weighted by atomic mass is 15.2. The van der Waals surface area contributed by atoms with Crippen molar-refractivity contribution in [2.24, 2.45) is 5.73 Å². The van der Waals surface area contributed by atoms with Gasteiger partial charge in [0.15, 0.2) is 0 Å². The lowest BCUT2D eigenvalue weighted by molar-refractivity contribution is 0.434. The predicted molar refractivity (Wildman–Crippen MR) is 72.0 cm³/mol. The number of rotatable bonds is 4. The third-order valence-electron chi connectivity index (χ3n) is 3.60. The summed E-state index contributed by atoms with van der Waals surface area (Å²) in [6.45, 7) is 3.97. The van der Waals surface area contributed by atoms with E-state index in [1.54, 1.807) is 0 Å². The fourth-order valence-electron chi connectivity index (χ4n) is 2.68. The lowest BCUT2D eigenvalue weighted by Crippen LogP contribution is -2.39. The first-order valence-electron chi connectivity index (χ1n) is 6.76. The first-order chi connectivity index (χ1) is 8.35. The van der Waals surface area contributed by atoms with E-state index in [-0.39, 0.29) is 0 Å². The SMILES string of the molecule is CCCC1CCCCN1c1ccc(CN)nc1. The van der Waals surface area contributed by atoms with Crippen LogP contribution in [0.3, 0.4) is 0 Å². The zero-order chi connectivity index (χ0) is 12.1. The van der Waals surface area contributed by atoms with Crippen molar-refractivity contribution >= 4 is 5.69 Å². The molecule has 1 aromatic rings. The molecule has 0 radical (unpaired) electrons. The normalized spacial score (nSPS) is 20.6. The molecule has 3 nitrogen and oxygen atoms in total. The molecule has 17 heavy (non-hydrogen) atoms. The van der Waals surface area contributed by atoms with Crippen molar-refractivity contribution in [3.8, 4) is 0 Å². The summed E-state index contributed by atoms with van der Waals surface area (Å²) in [6, 6.07) is 4.93. The molecule has 0 amide bonds. The van der Waals surface area contributed by atoms with Gasteiger partial charge in [0.2, 0.25) is 0 Å². The van der Waals surface area contributed by atoms with Gasteiger partial charge in [-0.05, 0) is 37.8 Å². The van der Waals surface area contributed by atoms with Crippen LogP contribution in [0.1, 0.15) is 44.7 Å². The highest BCUT2D eigenvalue weighted by molar-refractivity contribution is 5.46. The molecule has 1 atom stereocenters. The number of hydrogen-bond acceptors (Lipinski definition) is 3. The molecule has 0 bridgehead atoms. The standard InChI is InChI=1S/C14H23N3/c1-2-5-13-6-3-4-9-17(13)14-8-7-12(10-15)16-11-14/h7-8,11,13H,2-6,9-10,15H2,1H3. The monoisotopic (exact) mass is 233 g/mol. The predicted octanol–water partition coefficient (Wildman–Crippen LogP) is 2.70. The van der Waals surface area contributed by atoms with E-state index in [1.165, 1.54) is 44.3 Å². The van der Waals surface area contributed by atoms with Gasteiger partial charge in [0.1, 0.15) is 0 Å². The topological polar surface area (TPSA) is 42.1 Å². The number of nitrogens with two attached hydrogens (primary N) is 1. The van der Waals surface area contributed by atoms with Crippen LogP contribution in [0.2, 0.25) is 0 Å². The van der Waals surface area contributed by atoms with Crippen LogP contribution in [0, 0.1) is 0 Å². The summed E-state index contributed by atoms with van der Waals surface area (Å²) in [4.78, 5) is 6.93. The van der Waals surface area contributed by atoms with Crippen LogP contribution >= 0.6 is 0 Å². The van der Waals surface area contributed by atoms with Crippen molar-refractivity contribution in [3.63, 3.8) is 0 Å². The zero-order valence-electron chi connectivity index (χ0n) is 10.7. The van der Waals surface area contributed by atoms with E-state index in [2.05, 4.69) is 22.9 Å². The lowest BCUT2D eigenvalue weighted by Gasteiger charge is -2.37. The molecular formula is C14H23N3.